The maximum Gasteiger partial charge on any atom is 0.251 e. The fraction of sp³-hybridized carbons (Fsp3) is 0.417. The smallest absolute Gasteiger partial charge is 0.251 e. The van der Waals surface area contributed by atoms with Crippen molar-refractivity contribution in [1.29, 1.82) is 0 Å². The van der Waals surface area contributed by atoms with Crippen molar-refractivity contribution in [3.8, 4) is 0 Å². The summed E-state index contributed by atoms with van der Waals surface area (Å²) in [5, 5.41) is 2.71. The zero-order chi connectivity index (χ0) is 13.9. The van der Waals surface area contributed by atoms with E-state index in [1.54, 1.807) is 19.3 Å². The SMILES string of the molecule is Cn1ccc(C(=O)NCC(C)(C)C(N)=S)cc1=O. The van der Waals surface area contributed by atoms with Gasteiger partial charge in [0.15, 0.2) is 0 Å². The van der Waals surface area contributed by atoms with Crippen molar-refractivity contribution in [1.82, 2.24) is 9.88 Å². The van der Waals surface area contributed by atoms with Crippen LogP contribution in [-0.2, 0) is 7.05 Å². The van der Waals surface area contributed by atoms with Crippen molar-refractivity contribution >= 4 is 23.1 Å². The van der Waals surface area contributed by atoms with Gasteiger partial charge >= 0.3 is 0 Å². The molecule has 0 bridgehead atoms. The third kappa shape index (κ3) is 3.40. The Kier molecular flexibility index (Phi) is 4.24. The number of carbonyl (C=O) groups excluding carboxylic acids is 1. The minimum absolute atomic E-state index is 0.226. The first-order chi connectivity index (χ1) is 8.24. The molecule has 98 valence electrons. The molecule has 6 heteroatoms. The number of hydrogen-bond acceptors (Lipinski definition) is 3. The Morgan fingerprint density at radius 3 is 2.67 bits per heavy atom. The van der Waals surface area contributed by atoms with Crippen LogP contribution in [0.15, 0.2) is 23.1 Å². The van der Waals surface area contributed by atoms with Gasteiger partial charge in [-0.2, -0.15) is 0 Å². The Labute approximate surface area is 111 Å². The molecular weight excluding hydrogens is 250 g/mol. The number of carbonyl (C=O) groups is 1. The molecule has 0 radical (unpaired) electrons. The van der Waals surface area contributed by atoms with Crippen LogP contribution in [0.25, 0.3) is 0 Å². The van der Waals surface area contributed by atoms with E-state index in [1.165, 1.54) is 10.6 Å². The number of rotatable bonds is 4. The summed E-state index contributed by atoms with van der Waals surface area (Å²) >= 11 is 4.91. The van der Waals surface area contributed by atoms with Crippen LogP contribution in [0.2, 0.25) is 0 Å². The third-order valence-electron chi connectivity index (χ3n) is 2.72. The van der Waals surface area contributed by atoms with Crippen LogP contribution in [0.4, 0.5) is 0 Å². The molecule has 0 aliphatic carbocycles. The molecule has 18 heavy (non-hydrogen) atoms. The number of pyridine rings is 1. The zero-order valence-electron chi connectivity index (χ0n) is 10.7. The van der Waals surface area contributed by atoms with Crippen LogP contribution in [0, 0.1) is 5.41 Å². The maximum absolute atomic E-state index is 11.8. The van der Waals surface area contributed by atoms with Gasteiger partial charge in [-0.1, -0.05) is 26.1 Å². The van der Waals surface area contributed by atoms with E-state index in [9.17, 15) is 9.59 Å². The highest BCUT2D eigenvalue weighted by Crippen LogP contribution is 2.13. The van der Waals surface area contributed by atoms with Gasteiger partial charge in [-0.05, 0) is 6.07 Å². The number of nitrogens with one attached hydrogen (secondary N) is 1. The molecule has 1 rings (SSSR count). The highest BCUT2D eigenvalue weighted by molar-refractivity contribution is 7.80. The summed E-state index contributed by atoms with van der Waals surface area (Å²) in [5.74, 6) is -0.308. The van der Waals surface area contributed by atoms with Crippen LogP contribution < -0.4 is 16.6 Å². The molecule has 1 amide bonds. The van der Waals surface area contributed by atoms with E-state index in [0.29, 0.717) is 17.1 Å². The standard InChI is InChI=1S/C12H17N3O2S/c1-12(2,11(13)18)7-14-10(17)8-4-5-15(3)9(16)6-8/h4-6H,7H2,1-3H3,(H2,13,18)(H,14,17). The van der Waals surface area contributed by atoms with Crippen molar-refractivity contribution < 1.29 is 4.79 Å². The minimum Gasteiger partial charge on any atom is -0.393 e. The molecule has 0 unspecified atom stereocenters. The lowest BCUT2D eigenvalue weighted by atomic mass is 9.93. The second kappa shape index (κ2) is 5.30. The van der Waals surface area contributed by atoms with E-state index in [1.807, 2.05) is 13.8 Å². The number of nitrogens with zero attached hydrogens (tertiary/aromatic N) is 1. The predicted molar refractivity (Wildman–Crippen MR) is 74.6 cm³/mol. The maximum atomic E-state index is 11.8. The van der Waals surface area contributed by atoms with Crippen LogP contribution in [0.1, 0.15) is 24.2 Å². The van der Waals surface area contributed by atoms with Gasteiger partial charge < -0.3 is 15.6 Å². The molecular formula is C12H17N3O2S. The molecule has 1 heterocycles. The molecule has 0 aliphatic rings. The summed E-state index contributed by atoms with van der Waals surface area (Å²) in [6.45, 7) is 4.02. The van der Waals surface area contributed by atoms with Crippen LogP contribution >= 0.6 is 12.2 Å². The molecule has 0 saturated heterocycles. The number of aryl methyl sites for hydroxylation is 1. The lowest BCUT2D eigenvalue weighted by Crippen LogP contribution is -2.41. The molecule has 0 saturated carbocycles. The lowest BCUT2D eigenvalue weighted by molar-refractivity contribution is 0.0944. The average molecular weight is 267 g/mol. The molecule has 0 atom stereocenters. The van der Waals surface area contributed by atoms with E-state index in [0.717, 1.165) is 0 Å². The van der Waals surface area contributed by atoms with Gasteiger partial charge in [0.05, 0.1) is 4.99 Å². The topological polar surface area (TPSA) is 77.1 Å². The fourth-order valence-electron chi connectivity index (χ4n) is 1.18. The van der Waals surface area contributed by atoms with E-state index in [2.05, 4.69) is 5.32 Å². The molecule has 5 nitrogen and oxygen atoms in total. The van der Waals surface area contributed by atoms with Gasteiger partial charge in [0.1, 0.15) is 0 Å². The normalized spacial score (nSPS) is 11.1. The molecule has 0 aromatic carbocycles. The monoisotopic (exact) mass is 267 g/mol. The fourth-order valence-corrected chi connectivity index (χ4v) is 1.25. The molecule has 0 aliphatic heterocycles. The lowest BCUT2D eigenvalue weighted by Gasteiger charge is -2.23. The Morgan fingerprint density at radius 2 is 2.17 bits per heavy atom. The first-order valence-corrected chi connectivity index (χ1v) is 5.89. The summed E-state index contributed by atoms with van der Waals surface area (Å²) < 4.78 is 1.40. The van der Waals surface area contributed by atoms with Crippen LogP contribution in [0.5, 0.6) is 0 Å². The average Bonchev–Trinajstić information content (AvgIpc) is 2.29. The minimum atomic E-state index is -0.454. The van der Waals surface area contributed by atoms with Gasteiger partial charge in [-0.15, -0.1) is 0 Å². The summed E-state index contributed by atoms with van der Waals surface area (Å²) in [6.07, 6.45) is 1.55. The van der Waals surface area contributed by atoms with Crippen LogP contribution in [-0.4, -0.2) is 22.0 Å². The quantitative estimate of drug-likeness (QED) is 0.775. The van der Waals surface area contributed by atoms with Crippen molar-refractivity contribution in [2.75, 3.05) is 6.54 Å². The first kappa shape index (κ1) is 14.4. The van der Waals surface area contributed by atoms with E-state index in [-0.39, 0.29) is 11.5 Å². The summed E-state index contributed by atoms with van der Waals surface area (Å²) in [4.78, 5) is 23.6. The van der Waals surface area contributed by atoms with E-state index < -0.39 is 5.41 Å². The zero-order valence-corrected chi connectivity index (χ0v) is 11.5. The van der Waals surface area contributed by atoms with Crippen LogP contribution in [0.3, 0.4) is 0 Å². The highest BCUT2D eigenvalue weighted by Gasteiger charge is 2.22. The Morgan fingerprint density at radius 1 is 1.56 bits per heavy atom. The first-order valence-electron chi connectivity index (χ1n) is 5.49. The second-order valence-corrected chi connectivity index (χ2v) is 5.24. The van der Waals surface area contributed by atoms with Gasteiger partial charge in [0, 0.05) is 36.8 Å². The highest BCUT2D eigenvalue weighted by atomic mass is 32.1. The van der Waals surface area contributed by atoms with Gasteiger partial charge in [-0.3, -0.25) is 9.59 Å². The number of nitrogens with two attached hydrogens (primary N) is 1. The largest absolute Gasteiger partial charge is 0.393 e. The molecule has 3 N–H and O–H groups in total. The van der Waals surface area contributed by atoms with Crippen molar-refractivity contribution in [2.24, 2.45) is 18.2 Å². The molecule has 0 spiro atoms. The van der Waals surface area contributed by atoms with Crippen molar-refractivity contribution in [3.05, 3.63) is 34.2 Å². The summed E-state index contributed by atoms with van der Waals surface area (Å²) in [7, 11) is 1.62. The van der Waals surface area contributed by atoms with Gasteiger partial charge in [0.25, 0.3) is 11.5 Å². The Hall–Kier alpha value is -1.69. The Bertz CT molecular complexity index is 534. The number of amides is 1. The van der Waals surface area contributed by atoms with Gasteiger partial charge in [0.2, 0.25) is 0 Å². The predicted octanol–water partition coefficient (Wildman–Crippen LogP) is 0.427. The van der Waals surface area contributed by atoms with E-state index in [4.69, 9.17) is 18.0 Å². The van der Waals surface area contributed by atoms with Crippen molar-refractivity contribution in [3.63, 3.8) is 0 Å². The van der Waals surface area contributed by atoms with E-state index >= 15 is 0 Å². The second-order valence-electron chi connectivity index (χ2n) is 4.80. The van der Waals surface area contributed by atoms with Gasteiger partial charge in [-0.25, -0.2) is 0 Å². The van der Waals surface area contributed by atoms with Crippen molar-refractivity contribution in [2.45, 2.75) is 13.8 Å². The Balaban J connectivity index is 2.75. The number of hydrogen-bond donors (Lipinski definition) is 2. The molecule has 1 aromatic rings. The summed E-state index contributed by atoms with van der Waals surface area (Å²) in [6, 6.07) is 2.88. The number of thiocarbonyl (C=S) groups is 1. The summed E-state index contributed by atoms with van der Waals surface area (Å²) in [5.41, 5.74) is 5.22. The molecule has 1 aromatic heterocycles. The third-order valence-corrected chi connectivity index (χ3v) is 3.28. The molecule has 0 fully saturated rings. The number of aromatic nitrogens is 1.